The Bertz CT molecular complexity index is 772. The standard InChI is InChI=1S/C18H23N5O2/c1-21(2)10-13-4-3-5-14(8-13)18(24)22-7-6-17-16(11-22)23-15(12-25-17)9-19-20-23/h3-5,8-9,16-17H,6-7,10-12H2,1-2H3. The number of carbonyl (C=O) groups excluding carboxylic acids is 1. The fraction of sp³-hybridized carbons (Fsp3) is 0.500. The fourth-order valence-electron chi connectivity index (χ4n) is 3.71. The SMILES string of the molecule is CN(C)Cc1cccc(C(=O)N2CCC3OCc4cnnn4C3C2)c1. The Balaban J connectivity index is 1.52. The van der Waals surface area contributed by atoms with Gasteiger partial charge in [-0.1, -0.05) is 17.3 Å². The van der Waals surface area contributed by atoms with Crippen LogP contribution in [0.3, 0.4) is 0 Å². The van der Waals surface area contributed by atoms with Crippen molar-refractivity contribution in [2.24, 2.45) is 0 Å². The van der Waals surface area contributed by atoms with Crippen LogP contribution in [0.4, 0.5) is 0 Å². The van der Waals surface area contributed by atoms with Gasteiger partial charge in [-0.15, -0.1) is 5.10 Å². The predicted molar refractivity (Wildman–Crippen MR) is 92.0 cm³/mol. The number of likely N-dealkylation sites (tertiary alicyclic amines) is 1. The summed E-state index contributed by atoms with van der Waals surface area (Å²) in [6.07, 6.45) is 2.67. The second-order valence-electron chi connectivity index (χ2n) is 7.06. The van der Waals surface area contributed by atoms with Crippen molar-refractivity contribution in [2.75, 3.05) is 27.2 Å². The van der Waals surface area contributed by atoms with E-state index >= 15 is 0 Å². The Hall–Kier alpha value is -2.25. The van der Waals surface area contributed by atoms with Crippen molar-refractivity contribution in [3.05, 3.63) is 47.3 Å². The Morgan fingerprint density at radius 3 is 3.12 bits per heavy atom. The van der Waals surface area contributed by atoms with E-state index in [4.69, 9.17) is 4.74 Å². The topological polar surface area (TPSA) is 63.5 Å². The summed E-state index contributed by atoms with van der Waals surface area (Å²) in [5, 5.41) is 8.18. The molecule has 4 rings (SSSR count). The number of ether oxygens (including phenoxy) is 1. The minimum atomic E-state index is 0.0499. The number of rotatable bonds is 3. The van der Waals surface area contributed by atoms with Crippen LogP contribution in [0, 0.1) is 0 Å². The Morgan fingerprint density at radius 1 is 1.40 bits per heavy atom. The van der Waals surface area contributed by atoms with Crippen LogP contribution < -0.4 is 0 Å². The van der Waals surface area contributed by atoms with Gasteiger partial charge in [0.05, 0.1) is 30.6 Å². The molecular formula is C18H23N5O2. The lowest BCUT2D eigenvalue weighted by Gasteiger charge is -2.41. The van der Waals surface area contributed by atoms with Gasteiger partial charge in [0.1, 0.15) is 0 Å². The Kier molecular flexibility index (Phi) is 4.27. The first-order valence-corrected chi connectivity index (χ1v) is 8.65. The quantitative estimate of drug-likeness (QED) is 0.843. The average Bonchev–Trinajstić information content (AvgIpc) is 3.09. The zero-order valence-electron chi connectivity index (χ0n) is 14.6. The molecule has 0 N–H and O–H groups in total. The van der Waals surface area contributed by atoms with E-state index in [1.807, 2.05) is 41.9 Å². The number of piperidine rings is 1. The van der Waals surface area contributed by atoms with Crippen LogP contribution >= 0.6 is 0 Å². The third-order valence-corrected chi connectivity index (χ3v) is 4.89. The summed E-state index contributed by atoms with van der Waals surface area (Å²) in [5.41, 5.74) is 2.86. The predicted octanol–water partition coefficient (Wildman–Crippen LogP) is 1.33. The Labute approximate surface area is 147 Å². The molecule has 25 heavy (non-hydrogen) atoms. The van der Waals surface area contributed by atoms with Gasteiger partial charge in [-0.05, 0) is 38.2 Å². The second kappa shape index (κ2) is 6.57. The number of benzene rings is 1. The molecule has 132 valence electrons. The summed E-state index contributed by atoms with van der Waals surface area (Å²) in [5.74, 6) is 0.0753. The van der Waals surface area contributed by atoms with E-state index in [2.05, 4.69) is 21.3 Å². The van der Waals surface area contributed by atoms with E-state index < -0.39 is 0 Å². The molecule has 7 nitrogen and oxygen atoms in total. The van der Waals surface area contributed by atoms with Crippen LogP contribution in [0.1, 0.15) is 34.1 Å². The van der Waals surface area contributed by atoms with Crippen LogP contribution in [0.5, 0.6) is 0 Å². The minimum absolute atomic E-state index is 0.0499. The summed E-state index contributed by atoms with van der Waals surface area (Å²) in [7, 11) is 4.05. The van der Waals surface area contributed by atoms with Crippen LogP contribution in [0.15, 0.2) is 30.5 Å². The van der Waals surface area contributed by atoms with Gasteiger partial charge in [0, 0.05) is 25.2 Å². The third kappa shape index (κ3) is 3.17. The molecule has 0 saturated carbocycles. The van der Waals surface area contributed by atoms with Gasteiger partial charge in [-0.25, -0.2) is 4.68 Å². The molecule has 2 aliphatic heterocycles. The molecule has 2 aromatic rings. The van der Waals surface area contributed by atoms with Crippen LogP contribution in [-0.2, 0) is 17.9 Å². The summed E-state index contributed by atoms with van der Waals surface area (Å²) in [4.78, 5) is 17.0. The third-order valence-electron chi connectivity index (χ3n) is 4.89. The van der Waals surface area contributed by atoms with Crippen LogP contribution in [0.25, 0.3) is 0 Å². The molecule has 2 aliphatic rings. The first-order chi connectivity index (χ1) is 12.1. The van der Waals surface area contributed by atoms with Crippen molar-refractivity contribution in [3.8, 4) is 0 Å². The minimum Gasteiger partial charge on any atom is -0.370 e. The van der Waals surface area contributed by atoms with Crippen molar-refractivity contribution >= 4 is 5.91 Å². The van der Waals surface area contributed by atoms with Crippen molar-refractivity contribution in [1.82, 2.24) is 24.8 Å². The van der Waals surface area contributed by atoms with Crippen molar-refractivity contribution in [3.63, 3.8) is 0 Å². The lowest BCUT2D eigenvalue weighted by Crippen LogP contribution is -2.49. The number of aromatic nitrogens is 3. The molecule has 0 aliphatic carbocycles. The fourth-order valence-corrected chi connectivity index (χ4v) is 3.71. The molecule has 2 unspecified atom stereocenters. The molecule has 2 atom stereocenters. The maximum absolute atomic E-state index is 13.0. The van der Waals surface area contributed by atoms with E-state index in [9.17, 15) is 4.79 Å². The van der Waals surface area contributed by atoms with Crippen molar-refractivity contribution < 1.29 is 9.53 Å². The molecule has 1 saturated heterocycles. The molecule has 1 aromatic carbocycles. The van der Waals surface area contributed by atoms with Gasteiger partial charge < -0.3 is 14.5 Å². The van der Waals surface area contributed by atoms with Gasteiger partial charge in [0.15, 0.2) is 0 Å². The first kappa shape index (κ1) is 16.2. The van der Waals surface area contributed by atoms with Gasteiger partial charge in [-0.3, -0.25) is 4.79 Å². The summed E-state index contributed by atoms with van der Waals surface area (Å²) < 4.78 is 7.85. The number of hydrogen-bond acceptors (Lipinski definition) is 5. The van der Waals surface area contributed by atoms with Crippen molar-refractivity contribution in [2.45, 2.75) is 31.7 Å². The second-order valence-corrected chi connectivity index (χ2v) is 7.06. The molecule has 1 amide bonds. The highest BCUT2D eigenvalue weighted by Gasteiger charge is 2.38. The number of hydrogen-bond donors (Lipinski definition) is 0. The molecule has 0 radical (unpaired) electrons. The highest BCUT2D eigenvalue weighted by molar-refractivity contribution is 5.94. The van der Waals surface area contributed by atoms with Gasteiger partial charge in [0.25, 0.3) is 5.91 Å². The highest BCUT2D eigenvalue weighted by atomic mass is 16.5. The van der Waals surface area contributed by atoms with Crippen LogP contribution in [-0.4, -0.2) is 64.0 Å². The zero-order chi connectivity index (χ0) is 17.4. The molecule has 1 aromatic heterocycles. The average molecular weight is 341 g/mol. The lowest BCUT2D eigenvalue weighted by atomic mass is 9.99. The van der Waals surface area contributed by atoms with E-state index in [1.165, 1.54) is 0 Å². The molecular weight excluding hydrogens is 318 g/mol. The van der Waals surface area contributed by atoms with Gasteiger partial charge in [-0.2, -0.15) is 0 Å². The first-order valence-electron chi connectivity index (χ1n) is 8.65. The highest BCUT2D eigenvalue weighted by Crippen LogP contribution is 2.30. The maximum Gasteiger partial charge on any atom is 0.253 e. The van der Waals surface area contributed by atoms with Gasteiger partial charge >= 0.3 is 0 Å². The number of carbonyl (C=O) groups is 1. The zero-order valence-corrected chi connectivity index (χ0v) is 14.6. The normalized spacial score (nSPS) is 22.6. The molecule has 0 bridgehead atoms. The Morgan fingerprint density at radius 2 is 2.28 bits per heavy atom. The maximum atomic E-state index is 13.0. The molecule has 7 heteroatoms. The molecule has 3 heterocycles. The van der Waals surface area contributed by atoms with Crippen molar-refractivity contribution in [1.29, 1.82) is 0 Å². The van der Waals surface area contributed by atoms with E-state index in [0.29, 0.717) is 19.7 Å². The number of nitrogens with zero attached hydrogens (tertiary/aromatic N) is 5. The van der Waals surface area contributed by atoms with E-state index in [1.54, 1.807) is 6.20 Å². The summed E-state index contributed by atoms with van der Waals surface area (Å²) >= 11 is 0. The summed E-state index contributed by atoms with van der Waals surface area (Å²) in [6.45, 7) is 2.69. The smallest absolute Gasteiger partial charge is 0.253 e. The van der Waals surface area contributed by atoms with Crippen LogP contribution in [0.2, 0.25) is 0 Å². The molecule has 1 fully saturated rings. The van der Waals surface area contributed by atoms with E-state index in [0.717, 1.165) is 29.8 Å². The largest absolute Gasteiger partial charge is 0.370 e. The molecule has 0 spiro atoms. The number of amides is 1. The lowest BCUT2D eigenvalue weighted by molar-refractivity contribution is -0.0605. The number of fused-ring (bicyclic) bond motifs is 3. The van der Waals surface area contributed by atoms with E-state index in [-0.39, 0.29) is 18.1 Å². The monoisotopic (exact) mass is 341 g/mol. The van der Waals surface area contributed by atoms with Gasteiger partial charge in [0.2, 0.25) is 0 Å². The summed E-state index contributed by atoms with van der Waals surface area (Å²) in [6, 6.07) is 7.95.